The minimum absolute atomic E-state index is 0.0180. The van der Waals surface area contributed by atoms with Crippen LogP contribution in [-0.4, -0.2) is 18.3 Å². The lowest BCUT2D eigenvalue weighted by Gasteiger charge is -2.16. The van der Waals surface area contributed by atoms with Crippen LogP contribution in [0.15, 0.2) is 12.1 Å². The molecular weight excluding hydrogens is 317 g/mol. The lowest BCUT2D eigenvalue weighted by molar-refractivity contribution is 0.268. The molecule has 0 amide bonds. The highest BCUT2D eigenvalue weighted by Crippen LogP contribution is 2.30. The second-order valence-corrected chi connectivity index (χ2v) is 4.83. The summed E-state index contributed by atoms with van der Waals surface area (Å²) in [7, 11) is 0. The molecule has 0 radical (unpaired) electrons. The maximum atomic E-state index is 9.18. The molecule has 0 aromatic heterocycles. The van der Waals surface area contributed by atoms with Gasteiger partial charge in [0.15, 0.2) is 6.61 Å². The number of nitrogens with zero attached hydrogens (tertiary/aromatic N) is 1. The van der Waals surface area contributed by atoms with E-state index in [4.69, 9.17) is 10.00 Å². The Morgan fingerprint density at radius 2 is 2.25 bits per heavy atom. The van der Waals surface area contributed by atoms with Crippen LogP contribution in [0.1, 0.15) is 24.0 Å². The van der Waals surface area contributed by atoms with Gasteiger partial charge in [-0.25, -0.2) is 0 Å². The van der Waals surface area contributed by atoms with Crippen molar-refractivity contribution in [1.29, 1.82) is 5.26 Å². The van der Waals surface area contributed by atoms with E-state index in [-0.39, 0.29) is 19.1 Å². The van der Waals surface area contributed by atoms with Gasteiger partial charge in [0.25, 0.3) is 0 Å². The Bertz CT molecular complexity index is 412. The van der Waals surface area contributed by atoms with E-state index < -0.39 is 0 Å². The van der Waals surface area contributed by atoms with Gasteiger partial charge in [0.05, 0.1) is 0 Å². The summed E-state index contributed by atoms with van der Waals surface area (Å²) in [4.78, 5) is 0. The minimum atomic E-state index is 0.0180. The summed E-state index contributed by atoms with van der Waals surface area (Å²) in [5.74, 6) is 0.711. The van der Waals surface area contributed by atoms with Gasteiger partial charge in [0, 0.05) is 16.1 Å². The third kappa shape index (κ3) is 3.09. The highest BCUT2D eigenvalue weighted by atomic mass is 127. The zero-order chi connectivity index (χ0) is 12.1. The Morgan fingerprint density at radius 1 is 1.56 bits per heavy atom. The number of aryl methyl sites for hydroxylation is 1. The molecule has 0 aliphatic heterocycles. The van der Waals surface area contributed by atoms with Crippen LogP contribution in [0.3, 0.4) is 0 Å². The molecule has 1 aromatic rings. The predicted molar refractivity (Wildman–Crippen MR) is 70.5 cm³/mol. The average molecular weight is 331 g/mol. The van der Waals surface area contributed by atoms with Gasteiger partial charge < -0.3 is 9.84 Å². The number of nitriles is 1. The Morgan fingerprint density at radius 3 is 2.81 bits per heavy atom. The molecule has 1 rings (SSSR count). The van der Waals surface area contributed by atoms with E-state index >= 15 is 0 Å². The fraction of sp³-hybridized carbons (Fsp3) is 0.417. The van der Waals surface area contributed by atoms with Gasteiger partial charge in [-0.1, -0.05) is 13.0 Å². The molecule has 0 aliphatic carbocycles. The summed E-state index contributed by atoms with van der Waals surface area (Å²) in [5, 5.41) is 17.7. The lowest BCUT2D eigenvalue weighted by atomic mass is 9.99. The van der Waals surface area contributed by atoms with E-state index in [0.717, 1.165) is 14.7 Å². The fourth-order valence-electron chi connectivity index (χ4n) is 1.40. The molecule has 0 spiro atoms. The second kappa shape index (κ2) is 6.06. The van der Waals surface area contributed by atoms with Crippen LogP contribution < -0.4 is 4.74 Å². The van der Waals surface area contributed by atoms with Crippen molar-refractivity contribution in [2.24, 2.45) is 0 Å². The number of halogens is 1. The molecule has 0 bridgehead atoms. The standard InChI is InChI=1S/C12H14INO2/c1-8-5-10(9(2)7-15)12(6-11(8)13)16-4-3-14/h5-6,9,15H,4,7H2,1-2H3. The first-order valence-corrected chi connectivity index (χ1v) is 6.08. The summed E-state index contributed by atoms with van der Waals surface area (Å²) in [6.07, 6.45) is 0. The van der Waals surface area contributed by atoms with Gasteiger partial charge in [-0.3, -0.25) is 0 Å². The molecule has 0 heterocycles. The first-order chi connectivity index (χ1) is 7.60. The molecule has 0 fully saturated rings. The average Bonchev–Trinajstić information content (AvgIpc) is 2.29. The van der Waals surface area contributed by atoms with Crippen LogP contribution in [0, 0.1) is 21.8 Å². The molecule has 0 saturated carbocycles. The van der Waals surface area contributed by atoms with Crippen molar-refractivity contribution in [2.75, 3.05) is 13.2 Å². The number of benzene rings is 1. The summed E-state index contributed by atoms with van der Waals surface area (Å²) >= 11 is 2.23. The quantitative estimate of drug-likeness (QED) is 0.863. The normalized spacial score (nSPS) is 11.9. The van der Waals surface area contributed by atoms with Crippen molar-refractivity contribution >= 4 is 22.6 Å². The molecule has 1 N–H and O–H groups in total. The maximum Gasteiger partial charge on any atom is 0.174 e. The molecule has 1 unspecified atom stereocenters. The van der Waals surface area contributed by atoms with Gasteiger partial charge in [0.1, 0.15) is 11.8 Å². The molecule has 86 valence electrons. The largest absolute Gasteiger partial charge is 0.478 e. The first-order valence-electron chi connectivity index (χ1n) is 5.00. The second-order valence-electron chi connectivity index (χ2n) is 3.67. The van der Waals surface area contributed by atoms with Crippen molar-refractivity contribution in [3.8, 4) is 11.8 Å². The van der Waals surface area contributed by atoms with Gasteiger partial charge >= 0.3 is 0 Å². The van der Waals surface area contributed by atoms with Gasteiger partial charge in [-0.15, -0.1) is 0 Å². The smallest absolute Gasteiger partial charge is 0.174 e. The van der Waals surface area contributed by atoms with Crippen LogP contribution in [0.25, 0.3) is 0 Å². The zero-order valence-electron chi connectivity index (χ0n) is 9.33. The molecular formula is C12H14INO2. The maximum absolute atomic E-state index is 9.18. The van der Waals surface area contributed by atoms with Gasteiger partial charge in [0.2, 0.25) is 0 Å². The molecule has 4 heteroatoms. The van der Waals surface area contributed by atoms with Gasteiger partial charge in [-0.05, 0) is 46.7 Å². The van der Waals surface area contributed by atoms with Gasteiger partial charge in [-0.2, -0.15) is 5.26 Å². The van der Waals surface area contributed by atoms with Crippen LogP contribution in [0.5, 0.6) is 5.75 Å². The fourth-order valence-corrected chi connectivity index (χ4v) is 1.84. The van der Waals surface area contributed by atoms with Crippen molar-refractivity contribution < 1.29 is 9.84 Å². The number of aliphatic hydroxyl groups is 1. The number of hydrogen-bond acceptors (Lipinski definition) is 3. The van der Waals surface area contributed by atoms with Crippen LogP contribution in [-0.2, 0) is 0 Å². The SMILES string of the molecule is Cc1cc(C(C)CO)c(OCC#N)cc1I. The number of ether oxygens (including phenoxy) is 1. The van der Waals surface area contributed by atoms with Crippen molar-refractivity contribution in [3.05, 3.63) is 26.8 Å². The zero-order valence-corrected chi connectivity index (χ0v) is 11.5. The van der Waals surface area contributed by atoms with E-state index in [9.17, 15) is 5.11 Å². The monoisotopic (exact) mass is 331 g/mol. The molecule has 16 heavy (non-hydrogen) atoms. The summed E-state index contributed by atoms with van der Waals surface area (Å²) in [6, 6.07) is 5.87. The third-order valence-corrected chi connectivity index (χ3v) is 3.55. The summed E-state index contributed by atoms with van der Waals surface area (Å²) in [5.41, 5.74) is 2.11. The Hall–Kier alpha value is -0.800. The topological polar surface area (TPSA) is 53.2 Å². The lowest BCUT2D eigenvalue weighted by Crippen LogP contribution is -2.05. The van der Waals surface area contributed by atoms with E-state index in [0.29, 0.717) is 5.75 Å². The third-order valence-electron chi connectivity index (χ3n) is 2.39. The summed E-state index contributed by atoms with van der Waals surface area (Å²) in [6.45, 7) is 4.05. The minimum Gasteiger partial charge on any atom is -0.478 e. The van der Waals surface area contributed by atoms with E-state index in [1.165, 1.54) is 0 Å². The van der Waals surface area contributed by atoms with E-state index in [1.54, 1.807) is 0 Å². The van der Waals surface area contributed by atoms with E-state index in [2.05, 4.69) is 22.6 Å². The van der Waals surface area contributed by atoms with E-state index in [1.807, 2.05) is 32.0 Å². The van der Waals surface area contributed by atoms with Crippen molar-refractivity contribution in [2.45, 2.75) is 19.8 Å². The number of rotatable bonds is 4. The molecule has 1 aromatic carbocycles. The molecule has 0 saturated heterocycles. The predicted octanol–water partition coefficient (Wildman–Crippen LogP) is 2.60. The van der Waals surface area contributed by atoms with Crippen LogP contribution in [0.2, 0.25) is 0 Å². The highest BCUT2D eigenvalue weighted by Gasteiger charge is 2.13. The number of aliphatic hydroxyl groups excluding tert-OH is 1. The van der Waals surface area contributed by atoms with Crippen molar-refractivity contribution in [3.63, 3.8) is 0 Å². The van der Waals surface area contributed by atoms with Crippen LogP contribution >= 0.6 is 22.6 Å². The van der Waals surface area contributed by atoms with Crippen molar-refractivity contribution in [1.82, 2.24) is 0 Å². The summed E-state index contributed by atoms with van der Waals surface area (Å²) < 4.78 is 6.46. The highest BCUT2D eigenvalue weighted by molar-refractivity contribution is 14.1. The van der Waals surface area contributed by atoms with Crippen LogP contribution in [0.4, 0.5) is 0 Å². The Balaban J connectivity index is 3.12. The number of hydrogen-bond donors (Lipinski definition) is 1. The molecule has 3 nitrogen and oxygen atoms in total. The Labute approximate surface area is 109 Å². The molecule has 1 atom stereocenters. The Kier molecular flexibility index (Phi) is 5.03. The molecule has 0 aliphatic rings. The first kappa shape index (κ1) is 13.3.